The normalized spacial score (nSPS) is 14.4. The Morgan fingerprint density at radius 1 is 1.39 bits per heavy atom. The van der Waals surface area contributed by atoms with Crippen molar-refractivity contribution in [3.05, 3.63) is 50.9 Å². The Balaban J connectivity index is 2.22. The molecule has 0 aliphatic rings. The molecular weight excluding hydrogens is 333 g/mol. The van der Waals surface area contributed by atoms with Crippen LogP contribution >= 0.6 is 39.0 Å². The van der Waals surface area contributed by atoms with Crippen molar-refractivity contribution < 1.29 is 4.39 Å². The minimum atomic E-state index is -0.212. The highest BCUT2D eigenvalue weighted by Gasteiger charge is 2.19. The van der Waals surface area contributed by atoms with Crippen LogP contribution < -0.4 is 5.73 Å². The van der Waals surface area contributed by atoms with Crippen LogP contribution in [0.3, 0.4) is 0 Å². The zero-order valence-corrected chi connectivity index (χ0v) is 13.0. The molecule has 0 aliphatic heterocycles. The summed E-state index contributed by atoms with van der Waals surface area (Å²) in [6.07, 6.45) is 0. The van der Waals surface area contributed by atoms with E-state index in [0.717, 1.165) is 9.37 Å². The summed E-state index contributed by atoms with van der Waals surface area (Å²) in [5, 5.41) is 2.18. The van der Waals surface area contributed by atoms with E-state index >= 15 is 0 Å². The van der Waals surface area contributed by atoms with Gasteiger partial charge in [-0.15, -0.1) is 23.1 Å². The first kappa shape index (κ1) is 14.1. The van der Waals surface area contributed by atoms with Crippen molar-refractivity contribution in [3.8, 4) is 0 Å². The highest BCUT2D eigenvalue weighted by molar-refractivity contribution is 9.10. The lowest BCUT2D eigenvalue weighted by molar-refractivity contribution is 0.624. The van der Waals surface area contributed by atoms with Gasteiger partial charge in [-0.1, -0.05) is 6.07 Å². The topological polar surface area (TPSA) is 26.0 Å². The van der Waals surface area contributed by atoms with E-state index < -0.39 is 0 Å². The molecule has 1 aromatic carbocycles. The molecule has 0 saturated carbocycles. The van der Waals surface area contributed by atoms with Gasteiger partial charge in [-0.2, -0.15) is 0 Å². The molecule has 96 valence electrons. The van der Waals surface area contributed by atoms with E-state index in [0.29, 0.717) is 0 Å². The van der Waals surface area contributed by atoms with Crippen LogP contribution in [-0.4, -0.2) is 6.04 Å². The van der Waals surface area contributed by atoms with Gasteiger partial charge in [-0.25, -0.2) is 4.39 Å². The van der Waals surface area contributed by atoms with Crippen LogP contribution in [0.1, 0.15) is 17.1 Å². The second-order valence-electron chi connectivity index (χ2n) is 4.02. The Kier molecular flexibility index (Phi) is 4.84. The molecule has 0 radical (unpaired) electrons. The van der Waals surface area contributed by atoms with Crippen molar-refractivity contribution in [2.75, 3.05) is 0 Å². The molecule has 0 aliphatic carbocycles. The van der Waals surface area contributed by atoms with Crippen molar-refractivity contribution in [1.29, 1.82) is 0 Å². The summed E-state index contributed by atoms with van der Waals surface area (Å²) < 4.78 is 14.2. The van der Waals surface area contributed by atoms with Gasteiger partial charge in [0.2, 0.25) is 0 Å². The Morgan fingerprint density at radius 2 is 2.17 bits per heavy atom. The Bertz CT molecular complexity index is 527. The monoisotopic (exact) mass is 345 g/mol. The molecule has 18 heavy (non-hydrogen) atoms. The summed E-state index contributed by atoms with van der Waals surface area (Å²) in [5.74, 6) is -0.212. The molecule has 2 atom stereocenters. The van der Waals surface area contributed by atoms with Gasteiger partial charge in [0.1, 0.15) is 5.82 Å². The highest BCUT2D eigenvalue weighted by atomic mass is 79.9. The van der Waals surface area contributed by atoms with Gasteiger partial charge in [-0.3, -0.25) is 0 Å². The smallest absolute Gasteiger partial charge is 0.124 e. The van der Waals surface area contributed by atoms with E-state index in [4.69, 9.17) is 5.73 Å². The lowest BCUT2D eigenvalue weighted by atomic mass is 10.2. The van der Waals surface area contributed by atoms with Gasteiger partial charge in [0, 0.05) is 25.7 Å². The average Bonchev–Trinajstić information content (AvgIpc) is 2.72. The minimum absolute atomic E-state index is 0.00353. The minimum Gasteiger partial charge on any atom is -0.327 e. The number of hydrogen-bond donors (Lipinski definition) is 1. The average molecular weight is 346 g/mol. The number of rotatable bonds is 4. The van der Waals surface area contributed by atoms with Crippen LogP contribution in [0.2, 0.25) is 0 Å². The summed E-state index contributed by atoms with van der Waals surface area (Å²) in [7, 11) is 0. The van der Waals surface area contributed by atoms with Crippen LogP contribution in [0.25, 0.3) is 0 Å². The number of thioether (sulfide) groups is 1. The van der Waals surface area contributed by atoms with Gasteiger partial charge < -0.3 is 5.73 Å². The molecular formula is C13H13BrFNS2. The van der Waals surface area contributed by atoms with Crippen LogP contribution in [0.15, 0.2) is 45.1 Å². The maximum absolute atomic E-state index is 13.2. The molecule has 5 heteroatoms. The predicted octanol–water partition coefficient (Wildman–Crippen LogP) is 4.83. The SMILES string of the molecule is CC(N)C(Sc1cccc(F)c1)c1cc(Br)cs1. The fourth-order valence-corrected chi connectivity index (χ4v) is 4.47. The van der Waals surface area contributed by atoms with Crippen molar-refractivity contribution in [1.82, 2.24) is 0 Å². The molecule has 1 heterocycles. The summed E-state index contributed by atoms with van der Waals surface area (Å²) in [6.45, 7) is 1.98. The second kappa shape index (κ2) is 6.19. The Morgan fingerprint density at radius 3 is 2.72 bits per heavy atom. The standard InChI is InChI=1S/C13H13BrFNS2/c1-8(16)13(12-5-9(14)7-17-12)18-11-4-2-3-10(15)6-11/h2-8,13H,16H2,1H3. The molecule has 2 unspecified atom stereocenters. The number of thiophene rings is 1. The number of hydrogen-bond acceptors (Lipinski definition) is 3. The van der Waals surface area contributed by atoms with Crippen LogP contribution in [-0.2, 0) is 0 Å². The lowest BCUT2D eigenvalue weighted by Crippen LogP contribution is -2.21. The molecule has 2 rings (SSSR count). The van der Waals surface area contributed by atoms with Crippen LogP contribution in [0.5, 0.6) is 0 Å². The van der Waals surface area contributed by atoms with E-state index in [1.54, 1.807) is 35.2 Å². The van der Waals surface area contributed by atoms with E-state index in [2.05, 4.69) is 22.0 Å². The third kappa shape index (κ3) is 3.57. The molecule has 1 aromatic heterocycles. The Labute approximate surface area is 123 Å². The highest BCUT2D eigenvalue weighted by Crippen LogP contribution is 2.40. The number of nitrogens with two attached hydrogens (primary N) is 1. The van der Waals surface area contributed by atoms with Gasteiger partial charge in [0.15, 0.2) is 0 Å². The van der Waals surface area contributed by atoms with Gasteiger partial charge in [-0.05, 0) is 47.1 Å². The molecule has 0 amide bonds. The van der Waals surface area contributed by atoms with Crippen molar-refractivity contribution in [2.45, 2.75) is 23.1 Å². The molecule has 0 bridgehead atoms. The summed E-state index contributed by atoms with van der Waals surface area (Å²) in [5.41, 5.74) is 6.04. The first-order valence-corrected chi connectivity index (χ1v) is 8.03. The zero-order chi connectivity index (χ0) is 13.1. The van der Waals surface area contributed by atoms with E-state index in [1.165, 1.54) is 10.9 Å². The summed E-state index contributed by atoms with van der Waals surface area (Å²) in [4.78, 5) is 2.10. The van der Waals surface area contributed by atoms with Crippen molar-refractivity contribution in [3.63, 3.8) is 0 Å². The van der Waals surface area contributed by atoms with Crippen molar-refractivity contribution in [2.24, 2.45) is 5.73 Å². The van der Waals surface area contributed by atoms with E-state index in [9.17, 15) is 4.39 Å². The molecule has 2 aromatic rings. The Hall–Kier alpha value is -0.360. The molecule has 0 fully saturated rings. The molecule has 0 saturated heterocycles. The maximum Gasteiger partial charge on any atom is 0.124 e. The van der Waals surface area contributed by atoms with E-state index in [-0.39, 0.29) is 17.1 Å². The van der Waals surface area contributed by atoms with Crippen LogP contribution in [0, 0.1) is 5.82 Å². The molecule has 2 N–H and O–H groups in total. The fraction of sp³-hybridized carbons (Fsp3) is 0.231. The first-order valence-electron chi connectivity index (χ1n) is 5.48. The maximum atomic E-state index is 13.2. The molecule has 0 spiro atoms. The molecule has 1 nitrogen and oxygen atoms in total. The summed E-state index contributed by atoms with van der Waals surface area (Å²) >= 11 is 6.72. The number of halogens is 2. The van der Waals surface area contributed by atoms with Gasteiger partial charge in [0.25, 0.3) is 0 Å². The largest absolute Gasteiger partial charge is 0.327 e. The third-order valence-corrected chi connectivity index (χ3v) is 5.79. The predicted molar refractivity (Wildman–Crippen MR) is 80.7 cm³/mol. The van der Waals surface area contributed by atoms with E-state index in [1.807, 2.05) is 18.4 Å². The zero-order valence-electron chi connectivity index (χ0n) is 9.77. The van der Waals surface area contributed by atoms with Gasteiger partial charge >= 0.3 is 0 Å². The second-order valence-corrected chi connectivity index (χ2v) is 7.10. The summed E-state index contributed by atoms with van der Waals surface area (Å²) in [6, 6.07) is 8.70. The quantitative estimate of drug-likeness (QED) is 0.803. The van der Waals surface area contributed by atoms with Gasteiger partial charge in [0.05, 0.1) is 5.25 Å². The fourth-order valence-electron chi connectivity index (χ4n) is 1.59. The first-order chi connectivity index (χ1) is 8.56. The van der Waals surface area contributed by atoms with Crippen LogP contribution in [0.4, 0.5) is 4.39 Å². The third-order valence-electron chi connectivity index (χ3n) is 2.40. The number of benzene rings is 1. The van der Waals surface area contributed by atoms with Crippen molar-refractivity contribution >= 4 is 39.0 Å². The lowest BCUT2D eigenvalue weighted by Gasteiger charge is -2.19.